The molecule has 1 saturated carbocycles. The van der Waals surface area contributed by atoms with Gasteiger partial charge in [0.25, 0.3) is 0 Å². The molecule has 2 heterocycles. The van der Waals surface area contributed by atoms with E-state index in [-0.39, 0.29) is 11.3 Å². The average Bonchev–Trinajstić information content (AvgIpc) is 2.67. The molecule has 1 aliphatic carbocycles. The lowest BCUT2D eigenvalue weighted by atomic mass is 9.88. The molecule has 0 radical (unpaired) electrons. The Morgan fingerprint density at radius 1 is 1.11 bits per heavy atom. The average molecular weight is 375 g/mol. The molecule has 150 valence electrons. The number of hydrogen-bond donors (Lipinski definition) is 0. The highest BCUT2D eigenvalue weighted by Crippen LogP contribution is 2.27. The van der Waals surface area contributed by atoms with E-state index in [0.29, 0.717) is 12.5 Å². The van der Waals surface area contributed by atoms with E-state index in [4.69, 9.17) is 9.72 Å². The van der Waals surface area contributed by atoms with Gasteiger partial charge < -0.3 is 14.5 Å². The first-order valence-electron chi connectivity index (χ1n) is 10.3. The Morgan fingerprint density at radius 3 is 2.37 bits per heavy atom. The zero-order valence-corrected chi connectivity index (χ0v) is 17.3. The molecule has 6 nitrogen and oxygen atoms in total. The maximum atomic E-state index is 12.8. The highest BCUT2D eigenvalue weighted by Gasteiger charge is 2.29. The zero-order valence-electron chi connectivity index (χ0n) is 17.3. The standard InChI is InChI=1S/C21H34N4O2/c1-21(2,3)20-22-17(15-27-4)14-18(23-20)24-10-12-25(13-11-24)19(26)16-8-6-5-7-9-16/h14,16H,5-13,15H2,1-4H3. The van der Waals surface area contributed by atoms with Crippen molar-refractivity contribution in [1.29, 1.82) is 0 Å². The van der Waals surface area contributed by atoms with Gasteiger partial charge in [0.1, 0.15) is 11.6 Å². The molecule has 3 rings (SSSR count). The van der Waals surface area contributed by atoms with E-state index in [1.54, 1.807) is 7.11 Å². The second-order valence-corrected chi connectivity index (χ2v) is 8.87. The summed E-state index contributed by atoms with van der Waals surface area (Å²) in [7, 11) is 1.69. The van der Waals surface area contributed by atoms with E-state index in [1.165, 1.54) is 19.3 Å². The maximum Gasteiger partial charge on any atom is 0.225 e. The normalized spacial score (nSPS) is 19.4. The summed E-state index contributed by atoms with van der Waals surface area (Å²) in [5.41, 5.74) is 0.796. The van der Waals surface area contributed by atoms with E-state index < -0.39 is 0 Å². The number of carbonyl (C=O) groups is 1. The summed E-state index contributed by atoms with van der Waals surface area (Å²) in [5.74, 6) is 2.41. The molecule has 1 aliphatic heterocycles. The molecule has 1 aromatic heterocycles. The number of carbonyl (C=O) groups excluding carboxylic acids is 1. The molecule has 0 atom stereocenters. The van der Waals surface area contributed by atoms with Crippen LogP contribution in [0.25, 0.3) is 0 Å². The van der Waals surface area contributed by atoms with E-state index in [0.717, 1.165) is 56.4 Å². The van der Waals surface area contributed by atoms with Crippen molar-refractivity contribution in [3.8, 4) is 0 Å². The lowest BCUT2D eigenvalue weighted by molar-refractivity contribution is -0.136. The Labute approximate surface area is 163 Å². The van der Waals surface area contributed by atoms with Gasteiger partial charge in [0.15, 0.2) is 0 Å². The van der Waals surface area contributed by atoms with Gasteiger partial charge in [0.2, 0.25) is 5.91 Å². The number of rotatable bonds is 4. The molecule has 0 unspecified atom stereocenters. The van der Waals surface area contributed by atoms with E-state index in [1.807, 2.05) is 6.07 Å². The minimum absolute atomic E-state index is 0.114. The number of hydrogen-bond acceptors (Lipinski definition) is 5. The Hall–Kier alpha value is -1.69. The predicted molar refractivity (Wildman–Crippen MR) is 107 cm³/mol. The van der Waals surface area contributed by atoms with Gasteiger partial charge in [-0.3, -0.25) is 4.79 Å². The molecule has 1 aromatic rings. The maximum absolute atomic E-state index is 12.8. The monoisotopic (exact) mass is 374 g/mol. The lowest BCUT2D eigenvalue weighted by Crippen LogP contribution is -2.51. The second-order valence-electron chi connectivity index (χ2n) is 8.87. The molecule has 1 saturated heterocycles. The molecule has 0 N–H and O–H groups in total. The van der Waals surface area contributed by atoms with E-state index >= 15 is 0 Å². The number of aromatic nitrogens is 2. The minimum atomic E-state index is -0.114. The van der Waals surface area contributed by atoms with Crippen molar-refractivity contribution in [2.75, 3.05) is 38.2 Å². The van der Waals surface area contributed by atoms with Crippen LogP contribution in [0.1, 0.15) is 64.4 Å². The molecule has 2 fully saturated rings. The fourth-order valence-electron chi connectivity index (χ4n) is 3.97. The lowest BCUT2D eigenvalue weighted by Gasteiger charge is -2.38. The highest BCUT2D eigenvalue weighted by molar-refractivity contribution is 5.79. The SMILES string of the molecule is COCc1cc(N2CCN(C(=O)C3CCCCC3)CC2)nc(C(C)(C)C)n1. The van der Waals surface area contributed by atoms with Gasteiger partial charge in [0.05, 0.1) is 12.3 Å². The van der Waals surface area contributed by atoms with Gasteiger partial charge in [-0.05, 0) is 12.8 Å². The van der Waals surface area contributed by atoms with Crippen molar-refractivity contribution >= 4 is 11.7 Å². The van der Waals surface area contributed by atoms with Crippen molar-refractivity contribution in [3.63, 3.8) is 0 Å². The van der Waals surface area contributed by atoms with E-state index in [2.05, 4.69) is 35.6 Å². The van der Waals surface area contributed by atoms with Gasteiger partial charge in [-0.25, -0.2) is 9.97 Å². The van der Waals surface area contributed by atoms with Gasteiger partial charge in [-0.1, -0.05) is 40.0 Å². The van der Waals surface area contributed by atoms with E-state index in [9.17, 15) is 4.79 Å². The molecule has 0 spiro atoms. The molecule has 6 heteroatoms. The number of ether oxygens (including phenoxy) is 1. The minimum Gasteiger partial charge on any atom is -0.378 e. The summed E-state index contributed by atoms with van der Waals surface area (Å²) >= 11 is 0. The smallest absolute Gasteiger partial charge is 0.225 e. The molecular weight excluding hydrogens is 340 g/mol. The molecular formula is C21H34N4O2. The first kappa shape index (κ1) is 20.1. The molecule has 1 amide bonds. The van der Waals surface area contributed by atoms with Crippen molar-refractivity contribution < 1.29 is 9.53 Å². The molecule has 0 aromatic carbocycles. The van der Waals surface area contributed by atoms with Crippen LogP contribution in [0.5, 0.6) is 0 Å². The van der Waals surface area contributed by atoms with Crippen LogP contribution in [-0.4, -0.2) is 54.1 Å². The van der Waals surface area contributed by atoms with Crippen LogP contribution in [0.3, 0.4) is 0 Å². The van der Waals surface area contributed by atoms with Gasteiger partial charge in [-0.2, -0.15) is 0 Å². The third kappa shape index (κ3) is 4.98. The summed E-state index contributed by atoms with van der Waals surface area (Å²) in [5, 5.41) is 0. The molecule has 2 aliphatic rings. The summed E-state index contributed by atoms with van der Waals surface area (Å²) in [6, 6.07) is 2.03. The van der Waals surface area contributed by atoms with Crippen LogP contribution < -0.4 is 4.90 Å². The van der Waals surface area contributed by atoms with Crippen LogP contribution in [0.15, 0.2) is 6.07 Å². The van der Waals surface area contributed by atoms with Gasteiger partial charge in [-0.15, -0.1) is 0 Å². The van der Waals surface area contributed by atoms with Crippen LogP contribution in [0.4, 0.5) is 5.82 Å². The summed E-state index contributed by atoms with van der Waals surface area (Å²) < 4.78 is 5.29. The van der Waals surface area contributed by atoms with Gasteiger partial charge >= 0.3 is 0 Å². The van der Waals surface area contributed by atoms with Crippen LogP contribution in [0, 0.1) is 5.92 Å². The molecule has 27 heavy (non-hydrogen) atoms. The second kappa shape index (κ2) is 8.55. The third-order valence-corrected chi connectivity index (χ3v) is 5.60. The number of nitrogens with zero attached hydrogens (tertiary/aromatic N) is 4. The Balaban J connectivity index is 1.68. The summed E-state index contributed by atoms with van der Waals surface area (Å²) in [4.78, 5) is 26.6. The third-order valence-electron chi connectivity index (χ3n) is 5.60. The van der Waals surface area contributed by atoms with Crippen molar-refractivity contribution in [2.24, 2.45) is 5.92 Å². The number of amides is 1. The fraction of sp³-hybridized carbons (Fsp3) is 0.762. The zero-order chi connectivity index (χ0) is 19.4. The summed E-state index contributed by atoms with van der Waals surface area (Å²) in [6.45, 7) is 10.1. The fourth-order valence-corrected chi connectivity index (χ4v) is 3.97. The first-order valence-corrected chi connectivity index (χ1v) is 10.3. The Kier molecular flexibility index (Phi) is 6.35. The van der Waals surface area contributed by atoms with Gasteiger partial charge in [0, 0.05) is 50.7 Å². The molecule has 0 bridgehead atoms. The number of piperazine rings is 1. The van der Waals surface area contributed by atoms with Crippen LogP contribution >= 0.6 is 0 Å². The Bertz CT molecular complexity index is 642. The quantitative estimate of drug-likeness (QED) is 0.810. The van der Waals surface area contributed by atoms with Crippen LogP contribution in [-0.2, 0) is 21.6 Å². The first-order chi connectivity index (χ1) is 12.9. The van der Waals surface area contributed by atoms with Crippen LogP contribution in [0.2, 0.25) is 0 Å². The number of anilines is 1. The Morgan fingerprint density at radius 2 is 1.78 bits per heavy atom. The highest BCUT2D eigenvalue weighted by atomic mass is 16.5. The number of methoxy groups -OCH3 is 1. The van der Waals surface area contributed by atoms with Crippen molar-refractivity contribution in [2.45, 2.75) is 64.9 Å². The topological polar surface area (TPSA) is 58.6 Å². The summed E-state index contributed by atoms with van der Waals surface area (Å²) in [6.07, 6.45) is 5.83. The van der Waals surface area contributed by atoms with Crippen molar-refractivity contribution in [1.82, 2.24) is 14.9 Å². The largest absolute Gasteiger partial charge is 0.378 e. The predicted octanol–water partition coefficient (Wildman–Crippen LogP) is 3.15. The van der Waals surface area contributed by atoms with Crippen molar-refractivity contribution in [3.05, 3.63) is 17.6 Å².